The molecule has 0 heterocycles. The highest BCUT2D eigenvalue weighted by Crippen LogP contribution is 2.25. The standard InChI is InChI=1S/C17H18Cl2N2O3S/c1-3-20-25(23,24)14-6-4-5-13(9-14)17(22)21-11(2)12-7-8-15(18)16(19)10-12/h4-11,20H,3H2,1-2H3,(H,21,22). The van der Waals surface area contributed by atoms with Gasteiger partial charge >= 0.3 is 0 Å². The summed E-state index contributed by atoms with van der Waals surface area (Å²) in [5, 5.41) is 3.65. The third-order valence-electron chi connectivity index (χ3n) is 3.53. The number of halogens is 2. The molecule has 0 aliphatic carbocycles. The van der Waals surface area contributed by atoms with Gasteiger partial charge in [0, 0.05) is 12.1 Å². The van der Waals surface area contributed by atoms with Gasteiger partial charge in [0.25, 0.3) is 5.91 Å². The molecule has 0 saturated carbocycles. The van der Waals surface area contributed by atoms with Gasteiger partial charge in [-0.25, -0.2) is 13.1 Å². The third kappa shape index (κ3) is 4.95. The molecule has 8 heteroatoms. The van der Waals surface area contributed by atoms with Crippen molar-refractivity contribution in [3.8, 4) is 0 Å². The van der Waals surface area contributed by atoms with Gasteiger partial charge in [0.05, 0.1) is 21.0 Å². The molecule has 1 unspecified atom stereocenters. The van der Waals surface area contributed by atoms with Crippen LogP contribution in [0.15, 0.2) is 47.4 Å². The maximum absolute atomic E-state index is 12.4. The molecular formula is C17H18Cl2N2O3S. The van der Waals surface area contributed by atoms with Crippen LogP contribution in [0.4, 0.5) is 0 Å². The fraction of sp³-hybridized carbons (Fsp3) is 0.235. The van der Waals surface area contributed by atoms with E-state index in [1.165, 1.54) is 18.2 Å². The zero-order chi connectivity index (χ0) is 18.6. The van der Waals surface area contributed by atoms with E-state index in [1.54, 1.807) is 38.1 Å². The van der Waals surface area contributed by atoms with E-state index in [0.717, 1.165) is 5.56 Å². The fourth-order valence-corrected chi connectivity index (χ4v) is 3.62. The Morgan fingerprint density at radius 3 is 2.48 bits per heavy atom. The summed E-state index contributed by atoms with van der Waals surface area (Å²) in [6.45, 7) is 3.76. The van der Waals surface area contributed by atoms with Crippen LogP contribution in [0.1, 0.15) is 35.8 Å². The number of carbonyl (C=O) groups excluding carboxylic acids is 1. The van der Waals surface area contributed by atoms with E-state index in [-0.39, 0.29) is 29.0 Å². The van der Waals surface area contributed by atoms with Crippen molar-refractivity contribution < 1.29 is 13.2 Å². The van der Waals surface area contributed by atoms with Gasteiger partial charge in [-0.05, 0) is 42.8 Å². The van der Waals surface area contributed by atoms with E-state index in [2.05, 4.69) is 10.0 Å². The van der Waals surface area contributed by atoms with E-state index in [0.29, 0.717) is 10.0 Å². The van der Waals surface area contributed by atoms with Crippen molar-refractivity contribution in [1.29, 1.82) is 0 Å². The number of hydrogen-bond acceptors (Lipinski definition) is 3. The third-order valence-corrected chi connectivity index (χ3v) is 5.81. The number of benzene rings is 2. The normalized spacial score (nSPS) is 12.6. The summed E-state index contributed by atoms with van der Waals surface area (Å²) in [5.74, 6) is -0.382. The van der Waals surface area contributed by atoms with Crippen LogP contribution in [0.5, 0.6) is 0 Å². The van der Waals surface area contributed by atoms with Gasteiger partial charge in [-0.1, -0.05) is 42.3 Å². The van der Waals surface area contributed by atoms with Crippen LogP contribution in [-0.2, 0) is 10.0 Å². The molecule has 0 fully saturated rings. The Morgan fingerprint density at radius 1 is 1.12 bits per heavy atom. The molecule has 0 aliphatic heterocycles. The predicted octanol–water partition coefficient (Wildman–Crippen LogP) is 3.78. The number of rotatable bonds is 6. The summed E-state index contributed by atoms with van der Waals surface area (Å²) < 4.78 is 26.5. The molecule has 5 nitrogen and oxygen atoms in total. The van der Waals surface area contributed by atoms with Crippen molar-refractivity contribution in [3.05, 3.63) is 63.6 Å². The van der Waals surface area contributed by atoms with Crippen LogP contribution in [0.3, 0.4) is 0 Å². The van der Waals surface area contributed by atoms with Gasteiger partial charge in [-0.15, -0.1) is 0 Å². The first-order chi connectivity index (χ1) is 11.7. The maximum Gasteiger partial charge on any atom is 0.251 e. The first-order valence-corrected chi connectivity index (χ1v) is 9.84. The number of nitrogens with one attached hydrogen (secondary N) is 2. The molecule has 134 valence electrons. The van der Waals surface area contributed by atoms with E-state index in [9.17, 15) is 13.2 Å². The van der Waals surface area contributed by atoms with Crippen molar-refractivity contribution in [1.82, 2.24) is 10.0 Å². The summed E-state index contributed by atoms with van der Waals surface area (Å²) in [5.41, 5.74) is 1.05. The largest absolute Gasteiger partial charge is 0.346 e. The minimum Gasteiger partial charge on any atom is -0.346 e. The molecule has 0 bridgehead atoms. The van der Waals surface area contributed by atoms with Crippen LogP contribution >= 0.6 is 23.2 Å². The SMILES string of the molecule is CCNS(=O)(=O)c1cccc(C(=O)NC(C)c2ccc(Cl)c(Cl)c2)c1. The highest BCUT2D eigenvalue weighted by Gasteiger charge is 2.17. The Hall–Kier alpha value is -1.60. The number of amides is 1. The molecule has 0 saturated heterocycles. The molecule has 2 aromatic carbocycles. The molecule has 1 amide bonds. The lowest BCUT2D eigenvalue weighted by atomic mass is 10.1. The summed E-state index contributed by atoms with van der Waals surface area (Å²) in [6, 6.07) is 10.7. The monoisotopic (exact) mass is 400 g/mol. The van der Waals surface area contributed by atoms with Gasteiger partial charge in [-0.2, -0.15) is 0 Å². The number of hydrogen-bond donors (Lipinski definition) is 2. The second kappa shape index (κ2) is 8.19. The van der Waals surface area contributed by atoms with Crippen LogP contribution in [0, 0.1) is 0 Å². The molecule has 0 aromatic heterocycles. The molecule has 25 heavy (non-hydrogen) atoms. The summed E-state index contributed by atoms with van der Waals surface area (Å²) >= 11 is 11.9. The van der Waals surface area contributed by atoms with E-state index < -0.39 is 10.0 Å². The van der Waals surface area contributed by atoms with E-state index in [4.69, 9.17) is 23.2 Å². The molecule has 2 rings (SSSR count). The van der Waals surface area contributed by atoms with Crippen molar-refractivity contribution in [3.63, 3.8) is 0 Å². The quantitative estimate of drug-likeness (QED) is 0.774. The first kappa shape index (κ1) is 19.7. The lowest BCUT2D eigenvalue weighted by molar-refractivity contribution is 0.0939. The van der Waals surface area contributed by atoms with Crippen LogP contribution in [-0.4, -0.2) is 20.9 Å². The molecule has 2 N–H and O–H groups in total. The molecule has 0 aliphatic rings. The molecule has 0 spiro atoms. The zero-order valence-corrected chi connectivity index (χ0v) is 16.0. The number of carbonyl (C=O) groups is 1. The fourth-order valence-electron chi connectivity index (χ4n) is 2.22. The Balaban J connectivity index is 2.19. The number of sulfonamides is 1. The predicted molar refractivity (Wildman–Crippen MR) is 99.6 cm³/mol. The summed E-state index contributed by atoms with van der Waals surface area (Å²) in [7, 11) is -3.62. The average Bonchev–Trinajstić information content (AvgIpc) is 2.57. The van der Waals surface area contributed by atoms with Crippen molar-refractivity contribution in [2.75, 3.05) is 6.54 Å². The second-order valence-electron chi connectivity index (χ2n) is 5.40. The molecular weight excluding hydrogens is 383 g/mol. The highest BCUT2D eigenvalue weighted by atomic mass is 35.5. The average molecular weight is 401 g/mol. The lowest BCUT2D eigenvalue weighted by Gasteiger charge is -2.15. The van der Waals surface area contributed by atoms with Gasteiger partial charge in [0.2, 0.25) is 10.0 Å². The van der Waals surface area contributed by atoms with Crippen molar-refractivity contribution in [2.24, 2.45) is 0 Å². The van der Waals surface area contributed by atoms with Gasteiger partial charge in [0.1, 0.15) is 0 Å². The van der Waals surface area contributed by atoms with Crippen LogP contribution in [0.2, 0.25) is 10.0 Å². The van der Waals surface area contributed by atoms with Crippen molar-refractivity contribution >= 4 is 39.1 Å². The van der Waals surface area contributed by atoms with E-state index >= 15 is 0 Å². The second-order valence-corrected chi connectivity index (χ2v) is 7.98. The minimum atomic E-state index is -3.62. The van der Waals surface area contributed by atoms with Crippen molar-refractivity contribution in [2.45, 2.75) is 24.8 Å². The Kier molecular flexibility index (Phi) is 6.46. The Bertz CT molecular complexity index is 885. The Labute approximate surface area is 157 Å². The minimum absolute atomic E-state index is 0.0455. The van der Waals surface area contributed by atoms with Crippen LogP contribution < -0.4 is 10.0 Å². The first-order valence-electron chi connectivity index (χ1n) is 7.60. The lowest BCUT2D eigenvalue weighted by Crippen LogP contribution is -2.27. The smallest absolute Gasteiger partial charge is 0.251 e. The molecule has 2 aromatic rings. The molecule has 0 radical (unpaired) electrons. The zero-order valence-electron chi connectivity index (χ0n) is 13.7. The van der Waals surface area contributed by atoms with Gasteiger partial charge < -0.3 is 5.32 Å². The molecule has 1 atom stereocenters. The summed E-state index contributed by atoms with van der Waals surface area (Å²) in [4.78, 5) is 12.5. The van der Waals surface area contributed by atoms with Crippen LogP contribution in [0.25, 0.3) is 0 Å². The van der Waals surface area contributed by atoms with E-state index in [1.807, 2.05) is 0 Å². The Morgan fingerprint density at radius 2 is 1.84 bits per heavy atom. The highest BCUT2D eigenvalue weighted by molar-refractivity contribution is 7.89. The van der Waals surface area contributed by atoms with Gasteiger partial charge in [-0.3, -0.25) is 4.79 Å². The summed E-state index contributed by atoms with van der Waals surface area (Å²) in [6.07, 6.45) is 0. The topological polar surface area (TPSA) is 75.3 Å². The van der Waals surface area contributed by atoms with Gasteiger partial charge in [0.15, 0.2) is 0 Å². The maximum atomic E-state index is 12.4.